The largest absolute Gasteiger partial charge is 0.289 e. The Bertz CT molecular complexity index is 460. The maximum atomic E-state index is 12.4. The first-order chi connectivity index (χ1) is 8.10. The summed E-state index contributed by atoms with van der Waals surface area (Å²) in [6.07, 6.45) is 1.68. The third-order valence-electron chi connectivity index (χ3n) is 2.93. The molecule has 7 heteroatoms. The van der Waals surface area contributed by atoms with Crippen molar-refractivity contribution in [1.29, 1.82) is 0 Å². The third-order valence-corrected chi connectivity index (χ3v) is 3.36. The minimum Gasteiger partial charge on any atom is -0.289 e. The first-order valence-corrected chi connectivity index (χ1v) is 5.95. The zero-order valence-corrected chi connectivity index (χ0v) is 11.4. The molecule has 17 heavy (non-hydrogen) atoms. The van der Waals surface area contributed by atoms with Crippen molar-refractivity contribution in [1.82, 2.24) is 21.0 Å². The van der Waals surface area contributed by atoms with Gasteiger partial charge in [-0.1, -0.05) is 0 Å². The molecule has 6 nitrogen and oxygen atoms in total. The van der Waals surface area contributed by atoms with Crippen molar-refractivity contribution >= 4 is 27.5 Å². The lowest BCUT2D eigenvalue weighted by molar-refractivity contribution is -0.125. The molecule has 0 unspecified atom stereocenters. The molecule has 0 aromatic carbocycles. The average Bonchev–Trinajstić information content (AvgIpc) is 2.57. The van der Waals surface area contributed by atoms with E-state index >= 15 is 0 Å². The highest BCUT2D eigenvalue weighted by Crippen LogP contribution is 2.36. The van der Waals surface area contributed by atoms with Crippen LogP contribution >= 0.6 is 15.9 Å². The van der Waals surface area contributed by atoms with Gasteiger partial charge in [0.15, 0.2) is 5.66 Å². The van der Waals surface area contributed by atoms with Gasteiger partial charge in [-0.25, -0.2) is 10.4 Å². The van der Waals surface area contributed by atoms with Crippen molar-refractivity contribution in [2.75, 3.05) is 26.2 Å². The molecular formula is C10H14BrN5O. The number of carbonyl (C=O) groups excluding carboxylic acids is 1. The van der Waals surface area contributed by atoms with Crippen molar-refractivity contribution in [3.8, 4) is 0 Å². The number of aromatic nitrogens is 1. The quantitative estimate of drug-likeness (QED) is 0.681. The molecule has 2 heterocycles. The Morgan fingerprint density at radius 3 is 2.53 bits per heavy atom. The summed E-state index contributed by atoms with van der Waals surface area (Å²) in [6, 6.07) is 1.85. The second kappa shape index (κ2) is 4.34. The highest BCUT2D eigenvalue weighted by Gasteiger charge is 2.50. The van der Waals surface area contributed by atoms with Crippen LogP contribution in [0.4, 0.5) is 5.69 Å². The van der Waals surface area contributed by atoms with Crippen molar-refractivity contribution in [3.63, 3.8) is 0 Å². The smallest absolute Gasteiger partial charge is 0.283 e. The number of rotatable bonds is 3. The van der Waals surface area contributed by atoms with E-state index in [2.05, 4.69) is 37.0 Å². The van der Waals surface area contributed by atoms with Gasteiger partial charge in [-0.05, 0) is 36.1 Å². The number of halogens is 1. The topological polar surface area (TPSA) is 69.3 Å². The van der Waals surface area contributed by atoms with Crippen LogP contribution in [-0.4, -0.2) is 32.0 Å². The molecule has 1 aliphatic heterocycles. The number of hydrazine groups is 1. The Balaban J connectivity index is 2.66. The molecule has 0 saturated heterocycles. The SMILES string of the molecule is CNN1C(=O)C(NC)(NC)c2ncc(Br)cc21. The van der Waals surface area contributed by atoms with Gasteiger partial charge in [0.05, 0.1) is 5.69 Å². The zero-order chi connectivity index (χ0) is 12.6. The maximum Gasteiger partial charge on any atom is 0.283 e. The first-order valence-electron chi connectivity index (χ1n) is 5.16. The van der Waals surface area contributed by atoms with E-state index in [1.165, 1.54) is 5.01 Å². The average molecular weight is 300 g/mol. The fourth-order valence-corrected chi connectivity index (χ4v) is 2.38. The summed E-state index contributed by atoms with van der Waals surface area (Å²) < 4.78 is 0.826. The number of nitrogens with one attached hydrogen (secondary N) is 3. The molecule has 1 aromatic rings. The second-order valence-electron chi connectivity index (χ2n) is 3.64. The fourth-order valence-electron chi connectivity index (χ4n) is 2.06. The van der Waals surface area contributed by atoms with E-state index in [1.807, 2.05) is 6.07 Å². The van der Waals surface area contributed by atoms with Gasteiger partial charge >= 0.3 is 0 Å². The number of hydrogen-bond acceptors (Lipinski definition) is 5. The Hall–Kier alpha value is -1.02. The van der Waals surface area contributed by atoms with Gasteiger partial charge < -0.3 is 0 Å². The molecule has 1 aromatic heterocycles. The minimum atomic E-state index is -0.973. The van der Waals surface area contributed by atoms with E-state index in [9.17, 15) is 4.79 Å². The molecule has 0 spiro atoms. The Labute approximate surface area is 108 Å². The monoisotopic (exact) mass is 299 g/mol. The summed E-state index contributed by atoms with van der Waals surface area (Å²) in [5, 5.41) is 7.47. The molecular weight excluding hydrogens is 286 g/mol. The number of anilines is 1. The van der Waals surface area contributed by atoms with Crippen LogP contribution in [-0.2, 0) is 10.5 Å². The number of fused-ring (bicyclic) bond motifs is 1. The Kier molecular flexibility index (Phi) is 3.17. The van der Waals surface area contributed by atoms with Gasteiger partial charge in [-0.2, -0.15) is 0 Å². The van der Waals surface area contributed by atoms with E-state index in [-0.39, 0.29) is 5.91 Å². The second-order valence-corrected chi connectivity index (χ2v) is 4.55. The zero-order valence-electron chi connectivity index (χ0n) is 9.84. The van der Waals surface area contributed by atoms with Crippen LogP contribution in [0.1, 0.15) is 5.69 Å². The van der Waals surface area contributed by atoms with E-state index < -0.39 is 5.66 Å². The van der Waals surface area contributed by atoms with E-state index in [0.717, 1.165) is 10.2 Å². The summed E-state index contributed by atoms with van der Waals surface area (Å²) in [4.78, 5) is 16.7. The summed E-state index contributed by atoms with van der Waals surface area (Å²) in [5.41, 5.74) is 3.28. The van der Waals surface area contributed by atoms with Gasteiger partial charge in [-0.15, -0.1) is 0 Å². The molecule has 0 aliphatic carbocycles. The molecule has 0 bridgehead atoms. The Morgan fingerprint density at radius 1 is 1.35 bits per heavy atom. The predicted molar refractivity (Wildman–Crippen MR) is 68.3 cm³/mol. The molecule has 0 fully saturated rings. The third kappa shape index (κ3) is 1.58. The highest BCUT2D eigenvalue weighted by atomic mass is 79.9. The standard InChI is InChI=1S/C10H14BrN5O/c1-12-10(13-2)8-7(4-6(11)5-15-8)16(14-3)9(10)17/h4-5,12-14H,1-3H3. The van der Waals surface area contributed by atoms with Crippen LogP contribution in [0.25, 0.3) is 0 Å². The van der Waals surface area contributed by atoms with Crippen LogP contribution in [0, 0.1) is 0 Å². The highest BCUT2D eigenvalue weighted by molar-refractivity contribution is 9.10. The summed E-state index contributed by atoms with van der Waals surface area (Å²) in [7, 11) is 5.14. The van der Waals surface area contributed by atoms with Gasteiger partial charge in [0.1, 0.15) is 5.69 Å². The molecule has 0 saturated carbocycles. The number of carbonyl (C=O) groups is 1. The molecule has 0 atom stereocenters. The fraction of sp³-hybridized carbons (Fsp3) is 0.400. The van der Waals surface area contributed by atoms with Crippen LogP contribution in [0.5, 0.6) is 0 Å². The lowest BCUT2D eigenvalue weighted by Crippen LogP contribution is -2.59. The van der Waals surface area contributed by atoms with Crippen molar-refractivity contribution in [2.45, 2.75) is 5.66 Å². The van der Waals surface area contributed by atoms with Crippen molar-refractivity contribution in [3.05, 3.63) is 22.4 Å². The van der Waals surface area contributed by atoms with Crippen LogP contribution in [0.3, 0.4) is 0 Å². The number of hydrogen-bond donors (Lipinski definition) is 3. The number of likely N-dealkylation sites (N-methyl/N-ethyl adjacent to an activating group) is 2. The summed E-state index contributed by atoms with van der Waals surface area (Å²) >= 11 is 3.35. The van der Waals surface area contributed by atoms with Gasteiger partial charge in [0, 0.05) is 17.7 Å². The molecule has 1 amide bonds. The molecule has 92 valence electrons. The lowest BCUT2D eigenvalue weighted by atomic mass is 10.1. The normalized spacial score (nSPS) is 17.4. The minimum absolute atomic E-state index is 0.134. The number of amides is 1. The molecule has 3 N–H and O–H groups in total. The number of nitrogens with zero attached hydrogens (tertiary/aromatic N) is 2. The van der Waals surface area contributed by atoms with Crippen LogP contribution < -0.4 is 21.1 Å². The maximum absolute atomic E-state index is 12.4. The van der Waals surface area contributed by atoms with Gasteiger partial charge in [0.25, 0.3) is 5.91 Å². The first kappa shape index (κ1) is 12.4. The molecule has 2 rings (SSSR count). The van der Waals surface area contributed by atoms with Crippen molar-refractivity contribution < 1.29 is 4.79 Å². The predicted octanol–water partition coefficient (Wildman–Crippen LogP) is -0.0833. The molecule has 0 radical (unpaired) electrons. The van der Waals surface area contributed by atoms with E-state index in [1.54, 1.807) is 27.3 Å². The molecule has 1 aliphatic rings. The van der Waals surface area contributed by atoms with E-state index in [0.29, 0.717) is 5.69 Å². The summed E-state index contributed by atoms with van der Waals surface area (Å²) in [5.74, 6) is -0.134. The van der Waals surface area contributed by atoms with Gasteiger partial charge in [-0.3, -0.25) is 20.4 Å². The number of pyridine rings is 1. The van der Waals surface area contributed by atoms with E-state index in [4.69, 9.17) is 0 Å². The van der Waals surface area contributed by atoms with Crippen LogP contribution in [0.2, 0.25) is 0 Å². The van der Waals surface area contributed by atoms with Crippen molar-refractivity contribution in [2.24, 2.45) is 0 Å². The Morgan fingerprint density at radius 2 is 2.00 bits per heavy atom. The van der Waals surface area contributed by atoms with Gasteiger partial charge in [0.2, 0.25) is 0 Å². The summed E-state index contributed by atoms with van der Waals surface area (Å²) in [6.45, 7) is 0. The van der Waals surface area contributed by atoms with Crippen LogP contribution in [0.15, 0.2) is 16.7 Å². The lowest BCUT2D eigenvalue weighted by Gasteiger charge is -2.26.